The summed E-state index contributed by atoms with van der Waals surface area (Å²) in [6.07, 6.45) is 2.04. The maximum atomic E-state index is 15.9. The highest BCUT2D eigenvalue weighted by Crippen LogP contribution is 2.47. The third-order valence-electron chi connectivity index (χ3n) is 7.92. The van der Waals surface area contributed by atoms with Gasteiger partial charge in [0.25, 0.3) is 0 Å². The Balaban J connectivity index is 1.23. The maximum absolute atomic E-state index is 15.9. The Bertz CT molecular complexity index is 1600. The molecule has 2 aliphatic heterocycles. The molecular formula is C31H35ClFN4O5PS2. The number of halogens is 2. The van der Waals surface area contributed by atoms with Gasteiger partial charge in [-0.25, -0.2) is 13.5 Å². The first-order valence-corrected chi connectivity index (χ1v) is 17.2. The number of amides is 1. The maximum Gasteiger partial charge on any atom is 0.349 e. The van der Waals surface area contributed by atoms with Crippen molar-refractivity contribution in [2.45, 2.75) is 44.0 Å². The van der Waals surface area contributed by atoms with Crippen LogP contribution in [0, 0.1) is 11.7 Å². The molecule has 2 unspecified atom stereocenters. The fraction of sp³-hybridized carbons (Fsp3) is 0.387. The lowest BCUT2D eigenvalue weighted by atomic mass is 9.89. The lowest BCUT2D eigenvalue weighted by Crippen LogP contribution is -2.49. The number of carboxylic acids is 1. The second-order valence-electron chi connectivity index (χ2n) is 11.6. The van der Waals surface area contributed by atoms with E-state index in [0.29, 0.717) is 25.1 Å². The molecular weight excluding hydrogens is 658 g/mol. The molecule has 240 valence electrons. The van der Waals surface area contributed by atoms with E-state index >= 15 is 4.39 Å². The third-order valence-corrected chi connectivity index (χ3v) is 11.5. The molecule has 14 heteroatoms. The number of ether oxygens (including phenoxy) is 1. The summed E-state index contributed by atoms with van der Waals surface area (Å²) in [5.41, 5.74) is 2.19. The molecule has 0 saturated carbocycles. The van der Waals surface area contributed by atoms with Crippen LogP contribution in [-0.4, -0.2) is 65.4 Å². The van der Waals surface area contributed by atoms with Crippen LogP contribution >= 0.6 is 44.1 Å². The number of anilines is 2. The Hall–Kier alpha value is -2.73. The van der Waals surface area contributed by atoms with Crippen LogP contribution in [0.25, 0.3) is 10.4 Å². The molecule has 3 aromatic rings. The number of piperidine rings is 1. The molecule has 4 N–H and O–H groups in total. The van der Waals surface area contributed by atoms with Crippen LogP contribution in [0.2, 0.25) is 5.02 Å². The minimum atomic E-state index is -1.27. The summed E-state index contributed by atoms with van der Waals surface area (Å²) in [7, 11) is 2.68. The fourth-order valence-corrected chi connectivity index (χ4v) is 8.22. The molecule has 2 atom stereocenters. The first-order chi connectivity index (χ1) is 21.5. The number of hydrogen-bond acceptors (Lipinski definition) is 9. The minimum Gasteiger partial charge on any atom is -0.483 e. The monoisotopic (exact) mass is 692 g/mol. The average molecular weight is 693 g/mol. The summed E-state index contributed by atoms with van der Waals surface area (Å²) in [6, 6.07) is 11.0. The highest BCUT2D eigenvalue weighted by Gasteiger charge is 2.36. The van der Waals surface area contributed by atoms with E-state index in [9.17, 15) is 19.5 Å². The van der Waals surface area contributed by atoms with Crippen molar-refractivity contribution in [2.24, 2.45) is 5.92 Å². The second kappa shape index (κ2) is 14.4. The van der Waals surface area contributed by atoms with E-state index < -0.39 is 11.8 Å². The van der Waals surface area contributed by atoms with Crippen LogP contribution in [0.1, 0.15) is 41.9 Å². The summed E-state index contributed by atoms with van der Waals surface area (Å²) < 4.78 is 23.5. The molecule has 2 aromatic carbocycles. The molecule has 2 aliphatic rings. The van der Waals surface area contributed by atoms with Crippen LogP contribution in [0.3, 0.4) is 0 Å². The zero-order valence-corrected chi connectivity index (χ0v) is 28.4. The van der Waals surface area contributed by atoms with Gasteiger partial charge in [0.1, 0.15) is 11.6 Å². The second-order valence-corrected chi connectivity index (χ2v) is 14.6. The molecule has 9 nitrogen and oxygen atoms in total. The first-order valence-electron chi connectivity index (χ1n) is 14.5. The van der Waals surface area contributed by atoms with Crippen molar-refractivity contribution in [3.63, 3.8) is 0 Å². The Labute approximate surface area is 277 Å². The molecule has 1 aromatic heterocycles. The lowest BCUT2D eigenvalue weighted by molar-refractivity contribution is -0.121. The van der Waals surface area contributed by atoms with Gasteiger partial charge in [-0.15, -0.1) is 20.6 Å². The van der Waals surface area contributed by atoms with Gasteiger partial charge < -0.3 is 25.8 Å². The zero-order valence-electron chi connectivity index (χ0n) is 24.8. The highest BCUT2D eigenvalue weighted by molar-refractivity contribution is 7.96. The molecule has 5 rings (SSSR count). The van der Waals surface area contributed by atoms with Crippen molar-refractivity contribution in [2.75, 3.05) is 36.9 Å². The Morgan fingerprint density at radius 3 is 2.73 bits per heavy atom. The standard InChI is InChI=1S/C31H35ClFN4O5PS2/c1-31(2)13-19(8-9-37(31)44-16-17-6-7-23(43)22(12-17)36-29(39)18-14-34-15-18)35-21-5-3-4-20(25(21)33)27-24(32)26(42-11-10-38)28(45-27)30(40)41/h3-7,10,12,18-19,34-35H,8-9,11,13-16,43H2,1-2H3,(H,36,39)(H,40,41). The molecule has 2 saturated heterocycles. The van der Waals surface area contributed by atoms with E-state index in [1.165, 1.54) is 0 Å². The number of thiophene rings is 1. The number of rotatable bonds is 12. The van der Waals surface area contributed by atoms with Gasteiger partial charge in [0.15, 0.2) is 22.7 Å². The molecule has 0 radical (unpaired) electrons. The molecule has 3 heterocycles. The van der Waals surface area contributed by atoms with Gasteiger partial charge in [-0.1, -0.05) is 47.8 Å². The van der Waals surface area contributed by atoms with E-state index in [1.807, 2.05) is 12.1 Å². The number of aldehydes is 1. The Morgan fingerprint density at radius 2 is 2.07 bits per heavy atom. The van der Waals surface area contributed by atoms with Crippen LogP contribution in [0.4, 0.5) is 15.8 Å². The minimum absolute atomic E-state index is 0.000633. The quantitative estimate of drug-likeness (QED) is 0.109. The topological polar surface area (TPSA) is 120 Å². The van der Waals surface area contributed by atoms with E-state index in [0.717, 1.165) is 53.0 Å². The average Bonchev–Trinajstić information content (AvgIpc) is 3.28. The first kappa shape index (κ1) is 33.6. The molecule has 0 aliphatic carbocycles. The summed E-state index contributed by atoms with van der Waals surface area (Å²) >= 11 is 8.99. The number of carbonyl (C=O) groups excluding carboxylic acids is 2. The number of nitrogens with zero attached hydrogens (tertiary/aromatic N) is 1. The van der Waals surface area contributed by atoms with Gasteiger partial charge in [0.05, 0.1) is 16.5 Å². The number of carboxylic acid groups (broad SMARTS) is 1. The van der Waals surface area contributed by atoms with Crippen molar-refractivity contribution >= 4 is 79.0 Å². The van der Waals surface area contributed by atoms with Crippen LogP contribution in [-0.2, 0) is 15.3 Å². The van der Waals surface area contributed by atoms with Crippen molar-refractivity contribution in [3.8, 4) is 16.2 Å². The van der Waals surface area contributed by atoms with Crippen LogP contribution in [0.15, 0.2) is 36.4 Å². The summed E-state index contributed by atoms with van der Waals surface area (Å²) in [6.45, 7) is 6.18. The predicted molar refractivity (Wildman–Crippen MR) is 183 cm³/mol. The van der Waals surface area contributed by atoms with Crippen molar-refractivity contribution in [1.29, 1.82) is 0 Å². The van der Waals surface area contributed by atoms with Gasteiger partial charge in [-0.05, 0) is 49.7 Å². The van der Waals surface area contributed by atoms with Gasteiger partial charge in [-0.3, -0.25) is 9.59 Å². The molecule has 2 fully saturated rings. The number of hydrogen-bond donors (Lipinski definition) is 4. The van der Waals surface area contributed by atoms with E-state index in [2.05, 4.69) is 49.4 Å². The highest BCUT2D eigenvalue weighted by atomic mass is 35.5. The summed E-state index contributed by atoms with van der Waals surface area (Å²) in [4.78, 5) is 35.0. The Morgan fingerprint density at radius 1 is 1.29 bits per heavy atom. The predicted octanol–water partition coefficient (Wildman–Crippen LogP) is 5.65. The summed E-state index contributed by atoms with van der Waals surface area (Å²) in [5, 5.41) is 20.1. The molecule has 0 spiro atoms. The molecule has 45 heavy (non-hydrogen) atoms. The molecule has 1 amide bonds. The van der Waals surface area contributed by atoms with Gasteiger partial charge in [-0.2, -0.15) is 0 Å². The largest absolute Gasteiger partial charge is 0.483 e. The van der Waals surface area contributed by atoms with Crippen LogP contribution < -0.4 is 26.0 Å². The van der Waals surface area contributed by atoms with Crippen molar-refractivity contribution in [3.05, 3.63) is 57.7 Å². The van der Waals surface area contributed by atoms with E-state index in [-0.39, 0.29) is 56.1 Å². The van der Waals surface area contributed by atoms with E-state index in [4.69, 9.17) is 16.3 Å². The third kappa shape index (κ3) is 7.64. The smallest absolute Gasteiger partial charge is 0.349 e. The number of carbonyl (C=O) groups is 3. The van der Waals surface area contributed by atoms with E-state index in [1.54, 1.807) is 30.1 Å². The number of benzene rings is 2. The zero-order chi connectivity index (χ0) is 32.3. The normalized spacial score (nSPS) is 18.2. The van der Waals surface area contributed by atoms with Gasteiger partial charge in [0, 0.05) is 48.2 Å². The van der Waals surface area contributed by atoms with Gasteiger partial charge >= 0.3 is 5.97 Å². The van der Waals surface area contributed by atoms with Crippen molar-refractivity contribution < 1.29 is 28.6 Å². The summed E-state index contributed by atoms with van der Waals surface area (Å²) in [5.74, 6) is -1.16. The molecule has 0 bridgehead atoms. The van der Waals surface area contributed by atoms with Gasteiger partial charge in [0.2, 0.25) is 5.91 Å². The number of aromatic carboxylic acids is 1. The Kier molecular flexibility index (Phi) is 10.7. The number of nitrogens with one attached hydrogen (secondary N) is 3. The van der Waals surface area contributed by atoms with Crippen LogP contribution in [0.5, 0.6) is 5.75 Å². The lowest BCUT2D eigenvalue weighted by Gasteiger charge is -2.45. The van der Waals surface area contributed by atoms with Crippen molar-refractivity contribution in [1.82, 2.24) is 9.62 Å². The fourth-order valence-electron chi connectivity index (χ4n) is 5.40. The SMILES string of the molecule is CC1(C)CC(Nc2cccc(-c3sc(C(=O)O)c(OCC=O)c3Cl)c2F)CCN1SCc1ccc(P)c(NC(=O)C2CNC2)c1.